The van der Waals surface area contributed by atoms with Gasteiger partial charge in [-0.3, -0.25) is 0 Å². The van der Waals surface area contributed by atoms with Crippen molar-refractivity contribution in [3.8, 4) is 0 Å². The van der Waals surface area contributed by atoms with E-state index in [2.05, 4.69) is 9.44 Å². The predicted molar refractivity (Wildman–Crippen MR) is 34.1 cm³/mol. The van der Waals surface area contributed by atoms with Crippen LogP contribution in [0.5, 0.6) is 0 Å². The lowest BCUT2D eigenvalue weighted by molar-refractivity contribution is 0.572. The quantitative estimate of drug-likeness (QED) is 0.553. The second-order valence-electron chi connectivity index (χ2n) is 2.10. The minimum absolute atomic E-state index is 0.197. The Bertz CT molecular complexity index is 183. The van der Waals surface area contributed by atoms with Gasteiger partial charge < -0.3 is 0 Å². The minimum atomic E-state index is -3.16. The van der Waals surface area contributed by atoms with Gasteiger partial charge in [-0.15, -0.1) is 0 Å². The molecule has 0 aromatic rings. The second-order valence-corrected chi connectivity index (χ2v) is 3.75. The molecule has 1 saturated carbocycles. The Labute approximate surface area is 54.8 Å². The maximum Gasteiger partial charge on any atom is 0.276 e. The molecular weight excluding hydrogens is 140 g/mol. The molecule has 54 valence electrons. The van der Waals surface area contributed by atoms with Crippen LogP contribution in [0.2, 0.25) is 0 Å². The van der Waals surface area contributed by atoms with E-state index in [9.17, 15) is 8.42 Å². The van der Waals surface area contributed by atoms with Gasteiger partial charge in [-0.05, 0) is 12.8 Å². The Kier molecular flexibility index (Phi) is 1.74. The maximum absolute atomic E-state index is 10.6. The fraction of sp³-hybridized carbons (Fsp3) is 1.00. The van der Waals surface area contributed by atoms with Crippen molar-refractivity contribution in [3.05, 3.63) is 0 Å². The molecule has 1 fully saturated rings. The Balaban J connectivity index is 2.40. The predicted octanol–water partition coefficient (Wildman–Crippen LogP) is -0.797. The highest BCUT2D eigenvalue weighted by Gasteiger charge is 2.25. The van der Waals surface area contributed by atoms with Crippen molar-refractivity contribution in [1.82, 2.24) is 9.44 Å². The summed E-state index contributed by atoms with van der Waals surface area (Å²) < 4.78 is 25.9. The van der Waals surface area contributed by atoms with Crippen LogP contribution in [-0.4, -0.2) is 21.5 Å². The lowest BCUT2D eigenvalue weighted by Crippen LogP contribution is -2.35. The van der Waals surface area contributed by atoms with E-state index in [0.29, 0.717) is 0 Å². The second kappa shape index (κ2) is 2.24. The van der Waals surface area contributed by atoms with Crippen molar-refractivity contribution in [2.75, 3.05) is 7.05 Å². The molecule has 4 nitrogen and oxygen atoms in total. The molecule has 1 aliphatic rings. The van der Waals surface area contributed by atoms with Crippen LogP contribution in [-0.2, 0) is 10.2 Å². The molecule has 0 aromatic carbocycles. The third-order valence-electron chi connectivity index (χ3n) is 1.17. The zero-order valence-corrected chi connectivity index (χ0v) is 6.03. The van der Waals surface area contributed by atoms with E-state index < -0.39 is 10.2 Å². The SMILES string of the molecule is CNS(=O)(=O)NC1CC1. The first kappa shape index (κ1) is 6.98. The summed E-state index contributed by atoms with van der Waals surface area (Å²) >= 11 is 0. The van der Waals surface area contributed by atoms with Crippen molar-refractivity contribution < 1.29 is 8.42 Å². The van der Waals surface area contributed by atoms with Crippen LogP contribution in [0, 0.1) is 0 Å². The minimum Gasteiger partial charge on any atom is -0.205 e. The van der Waals surface area contributed by atoms with Crippen LogP contribution < -0.4 is 9.44 Å². The Hall–Kier alpha value is -0.130. The van der Waals surface area contributed by atoms with Gasteiger partial charge in [-0.25, -0.2) is 4.72 Å². The van der Waals surface area contributed by atoms with Crippen molar-refractivity contribution in [3.63, 3.8) is 0 Å². The summed E-state index contributed by atoms with van der Waals surface area (Å²) in [6.07, 6.45) is 1.95. The van der Waals surface area contributed by atoms with Gasteiger partial charge in [0.05, 0.1) is 0 Å². The van der Waals surface area contributed by atoms with Gasteiger partial charge in [0, 0.05) is 13.1 Å². The molecular formula is C4H10N2O2S. The normalized spacial score (nSPS) is 20.1. The lowest BCUT2D eigenvalue weighted by Gasteiger charge is -2.00. The Morgan fingerprint density at radius 1 is 1.44 bits per heavy atom. The largest absolute Gasteiger partial charge is 0.276 e. The molecule has 2 N–H and O–H groups in total. The Morgan fingerprint density at radius 3 is 2.33 bits per heavy atom. The molecule has 1 aliphatic carbocycles. The summed E-state index contributed by atoms with van der Waals surface area (Å²) in [6.45, 7) is 0. The highest BCUT2D eigenvalue weighted by Crippen LogP contribution is 2.18. The maximum atomic E-state index is 10.6. The average molecular weight is 150 g/mol. The molecule has 0 unspecified atom stereocenters. The molecule has 0 spiro atoms. The number of hydrogen-bond acceptors (Lipinski definition) is 2. The summed E-state index contributed by atoms with van der Waals surface area (Å²) in [7, 11) is -1.76. The van der Waals surface area contributed by atoms with E-state index in [-0.39, 0.29) is 6.04 Å². The van der Waals surface area contributed by atoms with E-state index in [1.54, 1.807) is 0 Å². The molecule has 0 bridgehead atoms. The molecule has 1 rings (SSSR count). The molecule has 0 saturated heterocycles. The Morgan fingerprint density at radius 2 is 2.00 bits per heavy atom. The molecule has 9 heavy (non-hydrogen) atoms. The molecule has 0 atom stereocenters. The van der Waals surface area contributed by atoms with Gasteiger partial charge in [0.15, 0.2) is 0 Å². The molecule has 0 amide bonds. The van der Waals surface area contributed by atoms with Gasteiger partial charge in [-0.1, -0.05) is 0 Å². The first-order valence-corrected chi connectivity index (χ1v) is 4.33. The van der Waals surface area contributed by atoms with Gasteiger partial charge >= 0.3 is 0 Å². The van der Waals surface area contributed by atoms with Crippen LogP contribution in [0.1, 0.15) is 12.8 Å². The van der Waals surface area contributed by atoms with E-state index >= 15 is 0 Å². The van der Waals surface area contributed by atoms with E-state index in [1.165, 1.54) is 7.05 Å². The summed E-state index contributed by atoms with van der Waals surface area (Å²) in [5, 5.41) is 0. The van der Waals surface area contributed by atoms with E-state index in [0.717, 1.165) is 12.8 Å². The van der Waals surface area contributed by atoms with Crippen LogP contribution in [0.15, 0.2) is 0 Å². The fourth-order valence-corrected chi connectivity index (χ4v) is 1.27. The number of nitrogens with one attached hydrogen (secondary N) is 2. The van der Waals surface area contributed by atoms with Crippen LogP contribution in [0.4, 0.5) is 0 Å². The third kappa shape index (κ3) is 2.30. The topological polar surface area (TPSA) is 58.2 Å². The highest BCUT2D eigenvalue weighted by molar-refractivity contribution is 7.87. The van der Waals surface area contributed by atoms with E-state index in [4.69, 9.17) is 0 Å². The summed E-state index contributed by atoms with van der Waals surface area (Å²) in [6, 6.07) is 0.197. The number of hydrogen-bond donors (Lipinski definition) is 2. The third-order valence-corrected chi connectivity index (χ3v) is 2.35. The molecule has 0 aliphatic heterocycles. The first-order valence-electron chi connectivity index (χ1n) is 2.85. The standard InChI is InChI=1S/C4H10N2O2S/c1-5-9(7,8)6-4-2-3-4/h4-6H,2-3H2,1H3. The molecule has 0 aromatic heterocycles. The molecule has 0 heterocycles. The summed E-state index contributed by atoms with van der Waals surface area (Å²) in [4.78, 5) is 0. The lowest BCUT2D eigenvalue weighted by atomic mass is 10.8. The molecule has 0 radical (unpaired) electrons. The summed E-state index contributed by atoms with van der Waals surface area (Å²) in [5.41, 5.74) is 0. The molecule has 5 heteroatoms. The monoisotopic (exact) mass is 150 g/mol. The van der Waals surface area contributed by atoms with Crippen LogP contribution in [0.3, 0.4) is 0 Å². The van der Waals surface area contributed by atoms with Crippen molar-refractivity contribution in [2.45, 2.75) is 18.9 Å². The van der Waals surface area contributed by atoms with E-state index in [1.807, 2.05) is 0 Å². The van der Waals surface area contributed by atoms with Crippen molar-refractivity contribution in [2.24, 2.45) is 0 Å². The number of rotatable bonds is 3. The van der Waals surface area contributed by atoms with Crippen molar-refractivity contribution in [1.29, 1.82) is 0 Å². The van der Waals surface area contributed by atoms with Gasteiger partial charge in [-0.2, -0.15) is 13.1 Å². The van der Waals surface area contributed by atoms with Crippen molar-refractivity contribution >= 4 is 10.2 Å². The van der Waals surface area contributed by atoms with Gasteiger partial charge in [0.25, 0.3) is 10.2 Å². The van der Waals surface area contributed by atoms with Crippen LogP contribution in [0.25, 0.3) is 0 Å². The fourth-order valence-electron chi connectivity index (χ4n) is 0.480. The smallest absolute Gasteiger partial charge is 0.205 e. The van der Waals surface area contributed by atoms with Crippen LogP contribution >= 0.6 is 0 Å². The first-order chi connectivity index (χ1) is 4.14. The zero-order valence-electron chi connectivity index (χ0n) is 5.22. The van der Waals surface area contributed by atoms with Gasteiger partial charge in [0.1, 0.15) is 0 Å². The summed E-state index contributed by atoms with van der Waals surface area (Å²) in [5.74, 6) is 0. The average Bonchev–Trinajstić information content (AvgIpc) is 2.50. The zero-order chi connectivity index (χ0) is 6.91. The van der Waals surface area contributed by atoms with Gasteiger partial charge in [0.2, 0.25) is 0 Å². The highest BCUT2D eigenvalue weighted by atomic mass is 32.2.